The fraction of sp³-hybridized carbons (Fsp3) is 0.333. The second-order valence-electron chi connectivity index (χ2n) is 4.18. The summed E-state index contributed by atoms with van der Waals surface area (Å²) >= 11 is 0. The molecule has 1 aliphatic rings. The van der Waals surface area contributed by atoms with E-state index in [0.29, 0.717) is 11.3 Å². The lowest BCUT2D eigenvalue weighted by atomic mass is 9.90. The summed E-state index contributed by atoms with van der Waals surface area (Å²) in [5, 5.41) is 5.73. The van der Waals surface area contributed by atoms with Crippen molar-refractivity contribution < 1.29 is 13.0 Å². The van der Waals surface area contributed by atoms with E-state index in [-0.39, 0.29) is 6.42 Å². The van der Waals surface area contributed by atoms with E-state index in [4.69, 9.17) is 0 Å². The van der Waals surface area contributed by atoms with Gasteiger partial charge in [-0.15, -0.1) is 0 Å². The molecule has 2 rings (SSSR count). The van der Waals surface area contributed by atoms with Crippen molar-refractivity contribution in [2.45, 2.75) is 11.3 Å². The first-order chi connectivity index (χ1) is 8.46. The van der Waals surface area contributed by atoms with E-state index < -0.39 is 15.0 Å². The van der Waals surface area contributed by atoms with Gasteiger partial charge in [0.15, 0.2) is 4.87 Å². The largest absolute Gasteiger partial charge is 0.388 e. The van der Waals surface area contributed by atoms with E-state index >= 15 is 0 Å². The molecule has 0 fully saturated rings. The normalized spacial score (nSPS) is 22.6. The zero-order valence-electron chi connectivity index (χ0n) is 10.3. The summed E-state index contributed by atoms with van der Waals surface area (Å²) in [6.45, 7) is 0. The highest BCUT2D eigenvalue weighted by Gasteiger charge is 2.46. The molecule has 6 heteroatoms. The van der Waals surface area contributed by atoms with Gasteiger partial charge in [0.1, 0.15) is 0 Å². The zero-order valence-corrected chi connectivity index (χ0v) is 11.1. The van der Waals surface area contributed by atoms with Gasteiger partial charge in [0.2, 0.25) is 0 Å². The predicted octanol–water partition coefficient (Wildman–Crippen LogP) is 1.41. The van der Waals surface area contributed by atoms with Gasteiger partial charge >= 0.3 is 0 Å². The number of hydrogen-bond acceptors (Lipinski definition) is 4. The van der Waals surface area contributed by atoms with E-state index in [9.17, 15) is 13.0 Å². The van der Waals surface area contributed by atoms with Gasteiger partial charge in [-0.2, -0.15) is 8.42 Å². The van der Waals surface area contributed by atoms with Crippen molar-refractivity contribution in [2.75, 3.05) is 19.4 Å². The SMILES string of the molecule is CNc1cccc2c1C(NC)(S(=O)(=O)O)CC=C2. The molecule has 0 aromatic heterocycles. The Hall–Kier alpha value is -1.37. The first kappa shape index (κ1) is 13.1. The zero-order chi connectivity index (χ0) is 13.4. The standard InChI is InChI=1S/C12H16N2O3S/c1-13-10-7-3-5-9-6-4-8-12(14-2,11(9)10)18(15,16)17/h3-7,13-14H,8H2,1-2H3,(H,15,16,17). The van der Waals surface area contributed by atoms with E-state index in [1.54, 1.807) is 19.2 Å². The van der Waals surface area contributed by atoms with Crippen LogP contribution in [0, 0.1) is 0 Å². The van der Waals surface area contributed by atoms with Crippen LogP contribution in [0.4, 0.5) is 5.69 Å². The Morgan fingerprint density at radius 1 is 1.33 bits per heavy atom. The summed E-state index contributed by atoms with van der Waals surface area (Å²) in [6.07, 6.45) is 3.79. The molecule has 18 heavy (non-hydrogen) atoms. The molecule has 5 nitrogen and oxygen atoms in total. The summed E-state index contributed by atoms with van der Waals surface area (Å²) in [4.78, 5) is -1.49. The highest BCUT2D eigenvalue weighted by molar-refractivity contribution is 7.86. The van der Waals surface area contributed by atoms with E-state index in [0.717, 1.165) is 5.56 Å². The predicted molar refractivity (Wildman–Crippen MR) is 71.9 cm³/mol. The lowest BCUT2D eigenvalue weighted by Crippen LogP contribution is -2.48. The molecule has 1 aromatic rings. The minimum absolute atomic E-state index is 0.189. The minimum atomic E-state index is -4.29. The van der Waals surface area contributed by atoms with Gasteiger partial charge in [0.25, 0.3) is 10.1 Å². The van der Waals surface area contributed by atoms with Crippen molar-refractivity contribution in [2.24, 2.45) is 0 Å². The van der Waals surface area contributed by atoms with Gasteiger partial charge < -0.3 is 5.32 Å². The molecule has 0 bridgehead atoms. The van der Waals surface area contributed by atoms with Crippen LogP contribution in [0.1, 0.15) is 17.5 Å². The molecule has 1 unspecified atom stereocenters. The summed E-state index contributed by atoms with van der Waals surface area (Å²) in [7, 11) is -1.03. The molecular weight excluding hydrogens is 252 g/mol. The van der Waals surface area contributed by atoms with Gasteiger partial charge in [-0.1, -0.05) is 24.3 Å². The van der Waals surface area contributed by atoms with Crippen molar-refractivity contribution in [1.82, 2.24) is 5.32 Å². The maximum atomic E-state index is 11.8. The monoisotopic (exact) mass is 268 g/mol. The third-order valence-electron chi connectivity index (χ3n) is 3.32. The maximum Gasteiger partial charge on any atom is 0.288 e. The lowest BCUT2D eigenvalue weighted by molar-refractivity contribution is 0.396. The first-order valence-electron chi connectivity index (χ1n) is 5.60. The van der Waals surface area contributed by atoms with Crippen molar-refractivity contribution >= 4 is 21.9 Å². The van der Waals surface area contributed by atoms with Crippen LogP contribution in [0.3, 0.4) is 0 Å². The van der Waals surface area contributed by atoms with Crippen LogP contribution in [0.15, 0.2) is 24.3 Å². The van der Waals surface area contributed by atoms with E-state index in [1.807, 2.05) is 18.2 Å². The highest BCUT2D eigenvalue weighted by atomic mass is 32.2. The summed E-state index contributed by atoms with van der Waals surface area (Å²) in [5.74, 6) is 0. The van der Waals surface area contributed by atoms with Crippen molar-refractivity contribution in [3.8, 4) is 0 Å². The molecule has 0 saturated carbocycles. The number of fused-ring (bicyclic) bond motifs is 1. The minimum Gasteiger partial charge on any atom is -0.388 e. The summed E-state index contributed by atoms with van der Waals surface area (Å²) in [6, 6.07) is 5.45. The summed E-state index contributed by atoms with van der Waals surface area (Å²) in [5.41, 5.74) is 2.02. The molecule has 0 amide bonds. The smallest absolute Gasteiger partial charge is 0.288 e. The quantitative estimate of drug-likeness (QED) is 0.722. The molecule has 1 aliphatic carbocycles. The van der Waals surface area contributed by atoms with Crippen LogP contribution in [-0.2, 0) is 15.0 Å². The second-order valence-corrected chi connectivity index (χ2v) is 5.83. The van der Waals surface area contributed by atoms with E-state index in [1.165, 1.54) is 7.05 Å². The van der Waals surface area contributed by atoms with Gasteiger partial charge in [0, 0.05) is 24.7 Å². The van der Waals surface area contributed by atoms with Gasteiger partial charge in [0.05, 0.1) is 0 Å². The van der Waals surface area contributed by atoms with Gasteiger partial charge in [-0.05, 0) is 18.7 Å². The maximum absolute atomic E-state index is 11.8. The Bertz CT molecular complexity index is 595. The van der Waals surface area contributed by atoms with Crippen LogP contribution in [0.5, 0.6) is 0 Å². The topological polar surface area (TPSA) is 78.4 Å². The Labute approximate surface area is 107 Å². The Balaban J connectivity index is 2.81. The molecule has 98 valence electrons. The van der Waals surface area contributed by atoms with Gasteiger partial charge in [-0.25, -0.2) is 0 Å². The van der Waals surface area contributed by atoms with Crippen molar-refractivity contribution in [3.63, 3.8) is 0 Å². The van der Waals surface area contributed by atoms with Gasteiger partial charge in [-0.3, -0.25) is 9.87 Å². The molecule has 1 atom stereocenters. The first-order valence-corrected chi connectivity index (χ1v) is 7.04. The third kappa shape index (κ3) is 1.73. The fourth-order valence-corrected chi connectivity index (χ4v) is 3.46. The number of anilines is 1. The molecule has 0 saturated heterocycles. The number of nitrogens with one attached hydrogen (secondary N) is 2. The van der Waals surface area contributed by atoms with Crippen LogP contribution in [0.2, 0.25) is 0 Å². The van der Waals surface area contributed by atoms with E-state index in [2.05, 4.69) is 10.6 Å². The fourth-order valence-electron chi connectivity index (χ4n) is 2.41. The Kier molecular flexibility index (Phi) is 3.18. The van der Waals surface area contributed by atoms with Crippen LogP contribution in [-0.4, -0.2) is 27.1 Å². The number of rotatable bonds is 3. The molecule has 0 aliphatic heterocycles. The Morgan fingerprint density at radius 3 is 2.61 bits per heavy atom. The Morgan fingerprint density at radius 2 is 2.06 bits per heavy atom. The van der Waals surface area contributed by atoms with Crippen LogP contribution >= 0.6 is 0 Å². The van der Waals surface area contributed by atoms with Crippen molar-refractivity contribution in [3.05, 3.63) is 35.4 Å². The third-order valence-corrected chi connectivity index (χ3v) is 4.77. The molecule has 1 aromatic carbocycles. The molecular formula is C12H16N2O3S. The van der Waals surface area contributed by atoms with Crippen molar-refractivity contribution in [1.29, 1.82) is 0 Å². The second kappa shape index (κ2) is 4.38. The van der Waals surface area contributed by atoms with Crippen LogP contribution in [0.25, 0.3) is 6.08 Å². The molecule has 3 N–H and O–H groups in total. The number of hydrogen-bond donors (Lipinski definition) is 3. The molecule has 0 heterocycles. The molecule has 0 radical (unpaired) electrons. The average Bonchev–Trinajstić information content (AvgIpc) is 2.35. The summed E-state index contributed by atoms with van der Waals surface area (Å²) < 4.78 is 33.2. The van der Waals surface area contributed by atoms with Crippen LogP contribution < -0.4 is 10.6 Å². The lowest BCUT2D eigenvalue weighted by Gasteiger charge is -2.35. The highest BCUT2D eigenvalue weighted by Crippen LogP contribution is 2.41. The number of benzene rings is 1. The average molecular weight is 268 g/mol. The molecule has 0 spiro atoms.